The van der Waals surface area contributed by atoms with Gasteiger partial charge in [0.2, 0.25) is 0 Å². The molecule has 0 amide bonds. The predicted octanol–water partition coefficient (Wildman–Crippen LogP) is 5.44. The summed E-state index contributed by atoms with van der Waals surface area (Å²) in [6, 6.07) is 0. The molecule has 0 aromatic carbocycles. The Labute approximate surface area is 129 Å². The first-order chi connectivity index (χ1) is 10.1. The van der Waals surface area contributed by atoms with E-state index in [9.17, 15) is 0 Å². The van der Waals surface area contributed by atoms with Crippen LogP contribution >= 0.6 is 0 Å². The van der Waals surface area contributed by atoms with Gasteiger partial charge in [0.1, 0.15) is 0 Å². The van der Waals surface area contributed by atoms with E-state index in [1.54, 1.807) is 0 Å². The molecule has 0 aromatic rings. The van der Waals surface area contributed by atoms with E-state index in [1.807, 2.05) is 6.92 Å². The van der Waals surface area contributed by atoms with Crippen LogP contribution in [0.25, 0.3) is 0 Å². The predicted molar refractivity (Wildman–Crippen MR) is 92.7 cm³/mol. The fourth-order valence-electron chi connectivity index (χ4n) is 2.81. The topological polar surface area (TPSA) is 3.24 Å². The van der Waals surface area contributed by atoms with Crippen molar-refractivity contribution in [2.24, 2.45) is 0 Å². The Morgan fingerprint density at radius 1 is 1.29 bits per heavy atom. The van der Waals surface area contributed by atoms with Gasteiger partial charge in [-0.2, -0.15) is 0 Å². The third-order valence-electron chi connectivity index (χ3n) is 4.13. The summed E-state index contributed by atoms with van der Waals surface area (Å²) in [5.74, 6) is 0. The van der Waals surface area contributed by atoms with Gasteiger partial charge in [-0.3, -0.25) is 0 Å². The van der Waals surface area contributed by atoms with Gasteiger partial charge in [0.05, 0.1) is 0 Å². The number of nitrogens with zero attached hydrogens (tertiary/aromatic N) is 1. The fourth-order valence-corrected chi connectivity index (χ4v) is 2.81. The van der Waals surface area contributed by atoms with E-state index in [-0.39, 0.29) is 0 Å². The first kappa shape index (κ1) is 15.4. The molecule has 110 valence electrons. The lowest BCUT2D eigenvalue weighted by molar-refractivity contribution is 0.546. The van der Waals surface area contributed by atoms with Gasteiger partial charge < -0.3 is 4.90 Å². The van der Waals surface area contributed by atoms with Crippen molar-refractivity contribution in [3.05, 3.63) is 83.3 Å². The number of allylic oxidation sites excluding steroid dienone is 9. The Hall–Kier alpha value is -2.02. The molecule has 1 aliphatic carbocycles. The molecule has 0 atom stereocenters. The molecule has 0 aromatic heterocycles. The van der Waals surface area contributed by atoms with E-state index < -0.39 is 0 Å². The van der Waals surface area contributed by atoms with Crippen molar-refractivity contribution in [1.29, 1.82) is 0 Å². The molecule has 0 spiro atoms. The molecule has 0 unspecified atom stereocenters. The van der Waals surface area contributed by atoms with Crippen LogP contribution in [0, 0.1) is 0 Å². The molecule has 0 saturated heterocycles. The lowest BCUT2D eigenvalue weighted by Crippen LogP contribution is -2.16. The summed E-state index contributed by atoms with van der Waals surface area (Å²) in [4.78, 5) is 2.20. The average Bonchev–Trinajstić information content (AvgIpc) is 2.81. The molecular weight excluding hydrogens is 254 g/mol. The maximum atomic E-state index is 4.26. The number of rotatable bonds is 2. The molecule has 1 heteroatoms. The molecule has 2 rings (SSSR count). The summed E-state index contributed by atoms with van der Waals surface area (Å²) in [6.45, 7) is 12.7. The monoisotopic (exact) mass is 279 g/mol. The Morgan fingerprint density at radius 2 is 2.05 bits per heavy atom. The minimum absolute atomic E-state index is 0.962. The average molecular weight is 279 g/mol. The van der Waals surface area contributed by atoms with Crippen molar-refractivity contribution >= 4 is 0 Å². The zero-order chi connectivity index (χ0) is 15.4. The first-order valence-corrected chi connectivity index (χ1v) is 7.61. The van der Waals surface area contributed by atoms with Crippen molar-refractivity contribution < 1.29 is 0 Å². The van der Waals surface area contributed by atoms with E-state index in [1.165, 1.54) is 28.0 Å². The van der Waals surface area contributed by atoms with Crippen LogP contribution in [0.2, 0.25) is 0 Å². The molecule has 0 N–H and O–H groups in total. The van der Waals surface area contributed by atoms with Gasteiger partial charge >= 0.3 is 0 Å². The molecule has 21 heavy (non-hydrogen) atoms. The smallest absolute Gasteiger partial charge is 0.0482 e. The second-order valence-corrected chi connectivity index (χ2v) is 5.56. The zero-order valence-electron chi connectivity index (χ0n) is 13.4. The molecular formula is C20H25N. The third kappa shape index (κ3) is 3.18. The summed E-state index contributed by atoms with van der Waals surface area (Å²) in [6.07, 6.45) is 15.9. The van der Waals surface area contributed by atoms with Crippen LogP contribution in [0.1, 0.15) is 33.1 Å². The quantitative estimate of drug-likeness (QED) is 0.650. The van der Waals surface area contributed by atoms with E-state index in [2.05, 4.69) is 68.5 Å². The van der Waals surface area contributed by atoms with Crippen molar-refractivity contribution in [2.45, 2.75) is 33.1 Å². The highest BCUT2D eigenvalue weighted by atomic mass is 15.1. The Balaban J connectivity index is 2.52. The molecule has 0 fully saturated rings. The minimum atomic E-state index is 0.962. The lowest BCUT2D eigenvalue weighted by atomic mass is 10.1. The maximum absolute atomic E-state index is 4.26. The number of hydrogen-bond donors (Lipinski definition) is 0. The van der Waals surface area contributed by atoms with E-state index >= 15 is 0 Å². The molecule has 0 bridgehead atoms. The highest BCUT2D eigenvalue weighted by Crippen LogP contribution is 2.40. The van der Waals surface area contributed by atoms with Crippen LogP contribution < -0.4 is 0 Å². The van der Waals surface area contributed by atoms with Crippen LogP contribution in [0.15, 0.2) is 83.3 Å². The highest BCUT2D eigenvalue weighted by molar-refractivity contribution is 5.58. The van der Waals surface area contributed by atoms with Crippen molar-refractivity contribution in [1.82, 2.24) is 4.90 Å². The largest absolute Gasteiger partial charge is 0.345 e. The molecule has 0 radical (unpaired) electrons. The molecule has 1 heterocycles. The first-order valence-electron chi connectivity index (χ1n) is 7.61. The Morgan fingerprint density at radius 3 is 2.71 bits per heavy atom. The van der Waals surface area contributed by atoms with Gasteiger partial charge in [-0.05, 0) is 43.4 Å². The van der Waals surface area contributed by atoms with Gasteiger partial charge in [-0.25, -0.2) is 0 Å². The molecule has 1 aliphatic heterocycles. The van der Waals surface area contributed by atoms with Crippen molar-refractivity contribution in [2.75, 3.05) is 7.05 Å². The van der Waals surface area contributed by atoms with E-state index in [0.717, 1.165) is 25.0 Å². The Kier molecular flexibility index (Phi) is 4.85. The van der Waals surface area contributed by atoms with Crippen LogP contribution in [0.3, 0.4) is 0 Å². The Bertz CT molecular complexity index is 606. The number of likely N-dealkylation sites (N-methyl/N-ethyl adjacent to an activating group) is 1. The summed E-state index contributed by atoms with van der Waals surface area (Å²) in [5.41, 5.74) is 7.55. The summed E-state index contributed by atoms with van der Waals surface area (Å²) in [5, 5.41) is 0. The molecule has 0 saturated carbocycles. The number of hydrogen-bond acceptors (Lipinski definition) is 1. The van der Waals surface area contributed by atoms with Crippen molar-refractivity contribution in [3.63, 3.8) is 0 Å². The van der Waals surface area contributed by atoms with Gasteiger partial charge in [0.15, 0.2) is 0 Å². The maximum Gasteiger partial charge on any atom is 0.0482 e. The summed E-state index contributed by atoms with van der Waals surface area (Å²) < 4.78 is 0. The van der Waals surface area contributed by atoms with Gasteiger partial charge in [0, 0.05) is 24.0 Å². The van der Waals surface area contributed by atoms with Crippen LogP contribution in [-0.2, 0) is 0 Å². The third-order valence-corrected chi connectivity index (χ3v) is 4.13. The SMILES string of the molecule is C=C1CC2=C(/C1=C/C=C\C)N(C)C(=C)/C=C\C(CC)=C/C2. The van der Waals surface area contributed by atoms with Gasteiger partial charge in [0.25, 0.3) is 0 Å². The van der Waals surface area contributed by atoms with Crippen LogP contribution in [-0.4, -0.2) is 11.9 Å². The van der Waals surface area contributed by atoms with Crippen LogP contribution in [0.5, 0.6) is 0 Å². The van der Waals surface area contributed by atoms with E-state index in [4.69, 9.17) is 0 Å². The van der Waals surface area contributed by atoms with Crippen LogP contribution in [0.4, 0.5) is 0 Å². The normalized spacial score (nSPS) is 25.8. The zero-order valence-corrected chi connectivity index (χ0v) is 13.4. The van der Waals surface area contributed by atoms with Gasteiger partial charge in [-0.1, -0.05) is 56.0 Å². The second-order valence-electron chi connectivity index (χ2n) is 5.56. The molecule has 1 nitrogen and oxygen atoms in total. The minimum Gasteiger partial charge on any atom is -0.345 e. The van der Waals surface area contributed by atoms with Gasteiger partial charge in [-0.15, -0.1) is 0 Å². The molecule has 2 aliphatic rings. The lowest BCUT2D eigenvalue weighted by Gasteiger charge is -2.23. The standard InChI is InChI=1S/C20H25N/c1-6-8-9-19-15(3)14-18-13-12-17(7-2)11-10-16(4)21(5)20(18)19/h6,8-12H,3-4,7,13-14H2,1-2,5H3/b8-6-,11-10-,17-12-,19-9+. The fraction of sp³-hybridized carbons (Fsp3) is 0.300. The summed E-state index contributed by atoms with van der Waals surface area (Å²) in [7, 11) is 2.10. The second kappa shape index (κ2) is 6.62. The highest BCUT2D eigenvalue weighted by Gasteiger charge is 2.26. The summed E-state index contributed by atoms with van der Waals surface area (Å²) >= 11 is 0. The van der Waals surface area contributed by atoms with Crippen molar-refractivity contribution in [3.8, 4) is 0 Å². The van der Waals surface area contributed by atoms with E-state index in [0.29, 0.717) is 0 Å².